The lowest BCUT2D eigenvalue weighted by molar-refractivity contribution is -0.133. The van der Waals surface area contributed by atoms with Crippen molar-refractivity contribution < 1.29 is 13.9 Å². The zero-order valence-corrected chi connectivity index (χ0v) is 15.0. The average Bonchev–Trinajstić information content (AvgIpc) is 2.55. The summed E-state index contributed by atoms with van der Waals surface area (Å²) in [5.74, 6) is 0.838. The molecule has 2 rings (SSSR count). The number of rotatable bonds is 4. The van der Waals surface area contributed by atoms with Crippen molar-refractivity contribution in [1.82, 2.24) is 4.90 Å². The molecule has 1 aromatic rings. The highest BCUT2D eigenvalue weighted by atomic mass is 19.1. The lowest BCUT2D eigenvalue weighted by Crippen LogP contribution is -2.46. The number of methoxy groups -OCH3 is 1. The number of hydrogen-bond acceptors (Lipinski definition) is 2. The van der Waals surface area contributed by atoms with Gasteiger partial charge in [-0.25, -0.2) is 4.39 Å². The van der Waals surface area contributed by atoms with Crippen molar-refractivity contribution >= 4 is 5.91 Å². The average molecular weight is 321 g/mol. The Hall–Kier alpha value is -1.84. The van der Waals surface area contributed by atoms with E-state index in [1.54, 1.807) is 26.2 Å². The number of halogens is 1. The van der Waals surface area contributed by atoms with Crippen molar-refractivity contribution in [2.24, 2.45) is 5.92 Å². The first-order valence-corrected chi connectivity index (χ1v) is 8.23. The van der Waals surface area contributed by atoms with E-state index in [1.165, 1.54) is 12.1 Å². The lowest BCUT2D eigenvalue weighted by atomic mass is 9.91. The third-order valence-corrected chi connectivity index (χ3v) is 4.08. The van der Waals surface area contributed by atoms with E-state index in [-0.39, 0.29) is 17.8 Å². The van der Waals surface area contributed by atoms with Crippen LogP contribution in [0.25, 0.3) is 0 Å². The minimum atomic E-state index is -0.262. The summed E-state index contributed by atoms with van der Waals surface area (Å²) >= 11 is 0. The molecule has 0 aromatic heterocycles. The van der Waals surface area contributed by atoms with E-state index in [9.17, 15) is 9.18 Å². The Morgan fingerprint density at radius 2 is 1.83 bits per heavy atom. The summed E-state index contributed by atoms with van der Waals surface area (Å²) in [4.78, 5) is 14.5. The highest BCUT2D eigenvalue weighted by Gasteiger charge is 2.34. The minimum absolute atomic E-state index is 0.00104. The van der Waals surface area contributed by atoms with Crippen LogP contribution in [-0.2, 0) is 16.1 Å². The van der Waals surface area contributed by atoms with E-state index < -0.39 is 0 Å². The molecule has 3 nitrogen and oxygen atoms in total. The molecule has 0 aliphatic carbocycles. The molecule has 1 unspecified atom stereocenters. The molecular formula is C19H28FNO2. The molecule has 1 amide bonds. The maximum atomic E-state index is 13.0. The molecule has 0 saturated carbocycles. The van der Waals surface area contributed by atoms with Crippen molar-refractivity contribution in [3.63, 3.8) is 0 Å². The fourth-order valence-corrected chi connectivity index (χ4v) is 2.75. The van der Waals surface area contributed by atoms with Gasteiger partial charge in [-0.2, -0.15) is 0 Å². The Bertz CT molecular complexity index is 549. The molecule has 128 valence electrons. The Kier molecular flexibility index (Phi) is 7.27. The third kappa shape index (κ3) is 4.57. The number of hydrogen-bond donors (Lipinski definition) is 0. The van der Waals surface area contributed by atoms with Gasteiger partial charge in [0.1, 0.15) is 11.6 Å². The molecule has 0 saturated heterocycles. The lowest BCUT2D eigenvalue weighted by Gasteiger charge is -2.39. The number of carbonyl (C=O) groups is 1. The fourth-order valence-electron chi connectivity index (χ4n) is 2.75. The summed E-state index contributed by atoms with van der Waals surface area (Å²) in [6, 6.07) is 6.41. The Morgan fingerprint density at radius 1 is 1.26 bits per heavy atom. The zero-order valence-electron chi connectivity index (χ0n) is 15.0. The molecule has 0 N–H and O–H groups in total. The van der Waals surface area contributed by atoms with Crippen molar-refractivity contribution in [3.8, 4) is 0 Å². The molecule has 1 atom stereocenters. The van der Waals surface area contributed by atoms with Crippen LogP contribution in [0.3, 0.4) is 0 Å². The van der Waals surface area contributed by atoms with Gasteiger partial charge >= 0.3 is 0 Å². The minimum Gasteiger partial charge on any atom is -0.501 e. The normalized spacial score (nSPS) is 18.0. The van der Waals surface area contributed by atoms with Gasteiger partial charge in [-0.3, -0.25) is 4.79 Å². The van der Waals surface area contributed by atoms with Crippen molar-refractivity contribution in [1.29, 1.82) is 0 Å². The molecule has 0 bridgehead atoms. The summed E-state index contributed by atoms with van der Waals surface area (Å²) in [5.41, 5.74) is 1.60. The summed E-state index contributed by atoms with van der Waals surface area (Å²) in [6.07, 6.45) is 0.729. The number of nitrogens with zero attached hydrogens (tertiary/aromatic N) is 1. The Labute approximate surface area is 139 Å². The van der Waals surface area contributed by atoms with Crippen LogP contribution in [0.15, 0.2) is 35.6 Å². The topological polar surface area (TPSA) is 29.5 Å². The molecule has 1 heterocycles. The SMILES string of the molecule is CC.COC1=C(C)C(=O)N(Cc2ccc(F)cc2)C(C(C)C)C1. The van der Waals surface area contributed by atoms with Gasteiger partial charge in [0.25, 0.3) is 5.91 Å². The Balaban J connectivity index is 0.00000127. The third-order valence-electron chi connectivity index (χ3n) is 4.08. The van der Waals surface area contributed by atoms with Crippen LogP contribution in [0, 0.1) is 11.7 Å². The summed E-state index contributed by atoms with van der Waals surface area (Å²) in [6.45, 7) is 10.5. The monoisotopic (exact) mass is 321 g/mol. The van der Waals surface area contributed by atoms with E-state index in [0.717, 1.165) is 17.7 Å². The number of carbonyl (C=O) groups excluding carboxylic acids is 1. The van der Waals surface area contributed by atoms with E-state index in [0.29, 0.717) is 18.0 Å². The van der Waals surface area contributed by atoms with E-state index in [4.69, 9.17) is 4.74 Å². The number of ether oxygens (including phenoxy) is 1. The van der Waals surface area contributed by atoms with Gasteiger partial charge in [0.2, 0.25) is 0 Å². The van der Waals surface area contributed by atoms with Crippen molar-refractivity contribution in [3.05, 3.63) is 47.0 Å². The van der Waals surface area contributed by atoms with Crippen LogP contribution in [0.2, 0.25) is 0 Å². The van der Waals surface area contributed by atoms with Crippen LogP contribution in [0.5, 0.6) is 0 Å². The van der Waals surface area contributed by atoms with Crippen LogP contribution in [0.4, 0.5) is 4.39 Å². The largest absolute Gasteiger partial charge is 0.501 e. The van der Waals surface area contributed by atoms with Gasteiger partial charge < -0.3 is 9.64 Å². The first kappa shape index (κ1) is 19.2. The van der Waals surface area contributed by atoms with Crippen molar-refractivity contribution in [2.75, 3.05) is 7.11 Å². The van der Waals surface area contributed by atoms with Gasteiger partial charge in [0.05, 0.1) is 12.7 Å². The maximum absolute atomic E-state index is 13.0. The molecule has 1 aliphatic rings. The summed E-state index contributed by atoms with van der Waals surface area (Å²) < 4.78 is 18.4. The summed E-state index contributed by atoms with van der Waals surface area (Å²) in [5, 5.41) is 0. The van der Waals surface area contributed by atoms with Crippen LogP contribution < -0.4 is 0 Å². The van der Waals surface area contributed by atoms with E-state index in [2.05, 4.69) is 13.8 Å². The summed E-state index contributed by atoms with van der Waals surface area (Å²) in [7, 11) is 1.61. The predicted molar refractivity (Wildman–Crippen MR) is 91.3 cm³/mol. The molecule has 0 fully saturated rings. The molecule has 4 heteroatoms. The second-order valence-corrected chi connectivity index (χ2v) is 5.83. The smallest absolute Gasteiger partial charge is 0.253 e. The number of benzene rings is 1. The highest BCUT2D eigenvalue weighted by molar-refractivity contribution is 5.94. The maximum Gasteiger partial charge on any atom is 0.253 e. The first-order valence-electron chi connectivity index (χ1n) is 8.23. The quantitative estimate of drug-likeness (QED) is 0.815. The van der Waals surface area contributed by atoms with Gasteiger partial charge in [0, 0.05) is 19.0 Å². The van der Waals surface area contributed by atoms with Crippen molar-refractivity contribution in [2.45, 2.75) is 53.6 Å². The van der Waals surface area contributed by atoms with Crippen LogP contribution in [0.1, 0.15) is 46.6 Å². The second kappa shape index (κ2) is 8.70. The van der Waals surface area contributed by atoms with E-state index >= 15 is 0 Å². The zero-order chi connectivity index (χ0) is 17.6. The molecular weight excluding hydrogens is 293 g/mol. The van der Waals surface area contributed by atoms with Gasteiger partial charge in [0.15, 0.2) is 0 Å². The second-order valence-electron chi connectivity index (χ2n) is 5.83. The first-order chi connectivity index (χ1) is 10.9. The predicted octanol–water partition coefficient (Wildman–Crippen LogP) is 4.53. The van der Waals surface area contributed by atoms with Crippen LogP contribution in [-0.4, -0.2) is 24.0 Å². The highest BCUT2D eigenvalue weighted by Crippen LogP contribution is 2.30. The molecule has 1 aromatic carbocycles. The molecule has 0 radical (unpaired) electrons. The molecule has 1 aliphatic heterocycles. The molecule has 0 spiro atoms. The van der Waals surface area contributed by atoms with Gasteiger partial charge in [-0.05, 0) is 30.5 Å². The van der Waals surface area contributed by atoms with Gasteiger partial charge in [-0.1, -0.05) is 39.8 Å². The number of amides is 1. The van der Waals surface area contributed by atoms with E-state index in [1.807, 2.05) is 18.7 Å². The molecule has 23 heavy (non-hydrogen) atoms. The fraction of sp³-hybridized carbons (Fsp3) is 0.526. The van der Waals surface area contributed by atoms with Gasteiger partial charge in [-0.15, -0.1) is 0 Å². The van der Waals surface area contributed by atoms with Crippen LogP contribution >= 0.6 is 0 Å². The Morgan fingerprint density at radius 3 is 2.30 bits per heavy atom. The standard InChI is InChI=1S/C17H22FNO2.C2H6/c1-11(2)15-9-16(21-4)12(3)17(20)19(15)10-13-5-7-14(18)8-6-13;1-2/h5-8,11,15H,9-10H2,1-4H3;1-2H3.